The topological polar surface area (TPSA) is 78.9 Å². The Morgan fingerprint density at radius 3 is 2.63 bits per heavy atom. The molecular weight excluding hydrogens is 387 g/mol. The van der Waals surface area contributed by atoms with Crippen molar-refractivity contribution in [3.63, 3.8) is 0 Å². The van der Waals surface area contributed by atoms with Gasteiger partial charge >= 0.3 is 0 Å². The van der Waals surface area contributed by atoms with Gasteiger partial charge in [-0.1, -0.05) is 36.4 Å². The fraction of sp³-hybridized carbons (Fsp3) is 0.130. The predicted octanol–water partition coefficient (Wildman–Crippen LogP) is 3.06. The Morgan fingerprint density at radius 1 is 1.10 bits per heavy atom. The lowest BCUT2D eigenvalue weighted by Gasteiger charge is -2.23. The van der Waals surface area contributed by atoms with E-state index >= 15 is 0 Å². The highest BCUT2D eigenvalue weighted by Gasteiger charge is 2.51. The van der Waals surface area contributed by atoms with Crippen LogP contribution in [-0.2, 0) is 15.2 Å². The molecule has 4 rings (SSSR count). The monoisotopic (exact) mass is 406 g/mol. The van der Waals surface area contributed by atoms with Crippen LogP contribution in [0.2, 0.25) is 0 Å². The zero-order valence-electron chi connectivity index (χ0n) is 16.1. The van der Waals surface area contributed by atoms with E-state index in [0.29, 0.717) is 22.7 Å². The molecule has 3 aromatic carbocycles. The first kappa shape index (κ1) is 19.6. The van der Waals surface area contributed by atoms with Gasteiger partial charge in [0.2, 0.25) is 5.91 Å². The summed E-state index contributed by atoms with van der Waals surface area (Å²) in [6.45, 7) is -0.315. The minimum atomic E-state index is -2.07. The molecule has 0 aliphatic carbocycles. The molecule has 1 aliphatic rings. The van der Waals surface area contributed by atoms with Gasteiger partial charge in [0.05, 0.1) is 12.8 Å². The Hall–Kier alpha value is -3.71. The summed E-state index contributed by atoms with van der Waals surface area (Å²) in [6, 6.07) is 18.7. The first-order chi connectivity index (χ1) is 14.4. The molecule has 0 unspecified atom stereocenters. The van der Waals surface area contributed by atoms with Crippen LogP contribution in [0.5, 0.6) is 5.75 Å². The first-order valence-corrected chi connectivity index (χ1v) is 9.27. The van der Waals surface area contributed by atoms with Crippen molar-refractivity contribution < 1.29 is 23.8 Å². The van der Waals surface area contributed by atoms with Crippen LogP contribution in [0.15, 0.2) is 72.8 Å². The summed E-state index contributed by atoms with van der Waals surface area (Å²) < 4.78 is 18.9. The summed E-state index contributed by atoms with van der Waals surface area (Å²) in [7, 11) is 1.52. The highest BCUT2D eigenvalue weighted by atomic mass is 19.1. The van der Waals surface area contributed by atoms with Crippen molar-refractivity contribution >= 4 is 23.2 Å². The van der Waals surface area contributed by atoms with Gasteiger partial charge in [0.15, 0.2) is 5.60 Å². The Balaban J connectivity index is 1.64. The van der Waals surface area contributed by atoms with Gasteiger partial charge in [-0.3, -0.25) is 14.5 Å². The number of rotatable bonds is 5. The van der Waals surface area contributed by atoms with Crippen LogP contribution in [-0.4, -0.2) is 30.6 Å². The maximum Gasteiger partial charge on any atom is 0.268 e. The minimum Gasteiger partial charge on any atom is -0.497 e. The molecule has 7 heteroatoms. The van der Waals surface area contributed by atoms with E-state index in [1.54, 1.807) is 48.5 Å². The van der Waals surface area contributed by atoms with Crippen molar-refractivity contribution in [2.75, 3.05) is 23.9 Å². The van der Waals surface area contributed by atoms with E-state index in [1.807, 2.05) is 0 Å². The van der Waals surface area contributed by atoms with Gasteiger partial charge in [-0.05, 0) is 30.3 Å². The molecule has 6 nitrogen and oxygen atoms in total. The number of amides is 2. The number of carbonyl (C=O) groups is 2. The van der Waals surface area contributed by atoms with Gasteiger partial charge < -0.3 is 15.2 Å². The number of aliphatic hydroxyl groups is 1. The molecule has 30 heavy (non-hydrogen) atoms. The number of methoxy groups -OCH3 is 1. The van der Waals surface area contributed by atoms with E-state index in [-0.39, 0.29) is 12.1 Å². The largest absolute Gasteiger partial charge is 0.497 e. The number of fused-ring (bicyclic) bond motifs is 1. The molecule has 0 saturated heterocycles. The third-order valence-electron chi connectivity index (χ3n) is 5.04. The highest BCUT2D eigenvalue weighted by Crippen LogP contribution is 2.44. The number of anilines is 2. The van der Waals surface area contributed by atoms with E-state index in [4.69, 9.17) is 4.74 Å². The summed E-state index contributed by atoms with van der Waals surface area (Å²) in [5.41, 5.74) is -0.755. The number of hydrogen-bond donors (Lipinski definition) is 2. The molecule has 152 valence electrons. The lowest BCUT2D eigenvalue weighted by Crippen LogP contribution is -2.44. The molecule has 0 fully saturated rings. The zero-order valence-corrected chi connectivity index (χ0v) is 16.1. The molecule has 0 saturated carbocycles. The smallest absolute Gasteiger partial charge is 0.268 e. The minimum absolute atomic E-state index is 0.107. The number of nitrogens with zero attached hydrogens (tertiary/aromatic N) is 1. The molecule has 1 heterocycles. The molecule has 0 radical (unpaired) electrons. The number of hydrogen-bond acceptors (Lipinski definition) is 4. The molecular formula is C23H19FN2O4. The van der Waals surface area contributed by atoms with Crippen LogP contribution >= 0.6 is 0 Å². The third-order valence-corrected chi connectivity index (χ3v) is 5.04. The fourth-order valence-corrected chi connectivity index (χ4v) is 3.63. The SMILES string of the molecule is COc1cccc(NC(=O)CN2C(=O)[C@](O)(c3cccc(F)c3)c3ccccc32)c1. The molecule has 0 bridgehead atoms. The molecule has 1 aliphatic heterocycles. The van der Waals surface area contributed by atoms with E-state index in [9.17, 15) is 19.1 Å². The van der Waals surface area contributed by atoms with E-state index < -0.39 is 23.2 Å². The molecule has 1 atom stereocenters. The maximum atomic E-state index is 13.8. The van der Waals surface area contributed by atoms with Gasteiger partial charge in [0, 0.05) is 22.9 Å². The van der Waals surface area contributed by atoms with Crippen molar-refractivity contribution in [2.24, 2.45) is 0 Å². The lowest BCUT2D eigenvalue weighted by atomic mass is 9.87. The average Bonchev–Trinajstić information content (AvgIpc) is 2.97. The quantitative estimate of drug-likeness (QED) is 0.683. The lowest BCUT2D eigenvalue weighted by molar-refractivity contribution is -0.133. The predicted molar refractivity (Wildman–Crippen MR) is 110 cm³/mol. The summed E-state index contributed by atoms with van der Waals surface area (Å²) >= 11 is 0. The number of carbonyl (C=O) groups excluding carboxylic acids is 2. The number of para-hydroxylation sites is 1. The van der Waals surface area contributed by atoms with E-state index in [1.165, 1.54) is 30.2 Å². The van der Waals surface area contributed by atoms with Crippen molar-refractivity contribution in [2.45, 2.75) is 5.60 Å². The Bertz CT molecular complexity index is 1130. The van der Waals surface area contributed by atoms with Crippen molar-refractivity contribution in [1.82, 2.24) is 0 Å². The Labute approximate surface area is 172 Å². The summed E-state index contributed by atoms with van der Waals surface area (Å²) in [6.07, 6.45) is 0. The second-order valence-corrected chi connectivity index (χ2v) is 6.91. The number of benzene rings is 3. The number of ether oxygens (including phenoxy) is 1. The van der Waals surface area contributed by atoms with E-state index in [0.717, 1.165) is 6.07 Å². The van der Waals surface area contributed by atoms with Crippen molar-refractivity contribution in [3.05, 3.63) is 89.7 Å². The molecule has 3 aromatic rings. The van der Waals surface area contributed by atoms with Gasteiger partial charge in [0.1, 0.15) is 18.1 Å². The van der Waals surface area contributed by atoms with Crippen LogP contribution in [0.1, 0.15) is 11.1 Å². The van der Waals surface area contributed by atoms with Crippen LogP contribution in [0, 0.1) is 5.82 Å². The summed E-state index contributed by atoms with van der Waals surface area (Å²) in [4.78, 5) is 27.1. The van der Waals surface area contributed by atoms with Crippen molar-refractivity contribution in [3.8, 4) is 5.75 Å². The standard InChI is InChI=1S/C23H19FN2O4/c1-30-18-9-5-8-17(13-18)25-21(27)14-26-20-11-3-2-10-19(20)23(29,22(26)28)15-6-4-7-16(24)12-15/h2-13,29H,14H2,1H3,(H,25,27)/t23-/m0/s1. The van der Waals surface area contributed by atoms with E-state index in [2.05, 4.69) is 5.32 Å². The zero-order chi connectivity index (χ0) is 21.3. The van der Waals surface area contributed by atoms with Crippen LogP contribution in [0.3, 0.4) is 0 Å². The van der Waals surface area contributed by atoms with Crippen molar-refractivity contribution in [1.29, 1.82) is 0 Å². The second-order valence-electron chi connectivity index (χ2n) is 6.91. The molecule has 0 spiro atoms. The normalized spacial score (nSPS) is 17.6. The van der Waals surface area contributed by atoms with Gasteiger partial charge in [-0.15, -0.1) is 0 Å². The van der Waals surface area contributed by atoms with Crippen LogP contribution in [0.4, 0.5) is 15.8 Å². The van der Waals surface area contributed by atoms with Gasteiger partial charge in [0.25, 0.3) is 5.91 Å². The Morgan fingerprint density at radius 2 is 1.87 bits per heavy atom. The molecule has 2 N–H and O–H groups in total. The second kappa shape index (κ2) is 7.61. The summed E-state index contributed by atoms with van der Waals surface area (Å²) in [5, 5.41) is 14.1. The number of halogens is 1. The fourth-order valence-electron chi connectivity index (χ4n) is 3.63. The number of nitrogens with one attached hydrogen (secondary N) is 1. The maximum absolute atomic E-state index is 13.8. The highest BCUT2D eigenvalue weighted by molar-refractivity contribution is 6.12. The molecule has 0 aromatic heterocycles. The first-order valence-electron chi connectivity index (χ1n) is 9.27. The Kier molecular flexibility index (Phi) is 4.97. The summed E-state index contributed by atoms with van der Waals surface area (Å²) in [5.74, 6) is -1.15. The van der Waals surface area contributed by atoms with Crippen LogP contribution in [0.25, 0.3) is 0 Å². The van der Waals surface area contributed by atoms with Gasteiger partial charge in [-0.2, -0.15) is 0 Å². The van der Waals surface area contributed by atoms with Crippen LogP contribution < -0.4 is 15.0 Å². The average molecular weight is 406 g/mol. The van der Waals surface area contributed by atoms with Gasteiger partial charge in [-0.25, -0.2) is 4.39 Å². The third kappa shape index (κ3) is 3.29. The molecule has 2 amide bonds.